The number of imide groups is 1. The lowest BCUT2D eigenvalue weighted by Gasteiger charge is -2.28. The number of hydrogen-bond acceptors (Lipinski definition) is 6. The molecule has 154 valence electrons. The summed E-state index contributed by atoms with van der Waals surface area (Å²) in [5, 5.41) is 9.97. The molecule has 28 heavy (non-hydrogen) atoms. The zero-order valence-electron chi connectivity index (χ0n) is 17.3. The van der Waals surface area contributed by atoms with Gasteiger partial charge in [0.15, 0.2) is 0 Å². The maximum Gasteiger partial charge on any atom is 0.307 e. The van der Waals surface area contributed by atoms with Crippen LogP contribution in [-0.4, -0.2) is 34.7 Å². The van der Waals surface area contributed by atoms with Gasteiger partial charge in [-0.05, 0) is 53.3 Å². The normalized spacial score (nSPS) is 17.7. The van der Waals surface area contributed by atoms with Crippen molar-refractivity contribution in [3.05, 3.63) is 33.7 Å². The zero-order chi connectivity index (χ0) is 21.7. The third kappa shape index (κ3) is 4.27. The van der Waals surface area contributed by atoms with Gasteiger partial charge in [0, 0.05) is 11.1 Å². The minimum Gasteiger partial charge on any atom is -0.507 e. The van der Waals surface area contributed by atoms with E-state index in [0.717, 1.165) is 0 Å². The summed E-state index contributed by atoms with van der Waals surface area (Å²) < 4.78 is 24.4. The van der Waals surface area contributed by atoms with E-state index < -0.39 is 21.2 Å². The van der Waals surface area contributed by atoms with Crippen molar-refractivity contribution in [3.63, 3.8) is 0 Å². The fraction of sp³-hybridized carbons (Fsp3) is 0.500. The Labute approximate surface area is 171 Å². The Kier molecular flexibility index (Phi) is 5.80. The van der Waals surface area contributed by atoms with E-state index in [-0.39, 0.29) is 27.2 Å². The van der Waals surface area contributed by atoms with Crippen molar-refractivity contribution >= 4 is 39.0 Å². The van der Waals surface area contributed by atoms with E-state index in [0.29, 0.717) is 32.8 Å². The summed E-state index contributed by atoms with van der Waals surface area (Å²) in [5.74, 6) is -0.960. The summed E-state index contributed by atoms with van der Waals surface area (Å²) in [6.45, 7) is 13.2. The van der Waals surface area contributed by atoms with Gasteiger partial charge in [-0.25, -0.2) is 8.42 Å². The zero-order valence-corrected chi connectivity index (χ0v) is 18.9. The minimum absolute atomic E-state index is 0.0485. The Morgan fingerprint density at radius 1 is 1.04 bits per heavy atom. The third-order valence-corrected chi connectivity index (χ3v) is 7.05. The number of rotatable bonds is 3. The number of carbonyl (C=O) groups excluding carboxylic acids is 2. The first kappa shape index (κ1) is 22.5. The molecule has 0 aliphatic carbocycles. The Morgan fingerprint density at radius 2 is 1.50 bits per heavy atom. The number of hydrogen-bond donors (Lipinski definition) is 1. The molecule has 8 heteroatoms. The Bertz CT molecular complexity index is 928. The monoisotopic (exact) mass is 425 g/mol. The second-order valence-corrected chi connectivity index (χ2v) is 11.9. The summed E-state index contributed by atoms with van der Waals surface area (Å²) in [7, 11) is -3.96. The number of phenols is 1. The topological polar surface area (TPSA) is 91.8 Å². The van der Waals surface area contributed by atoms with Crippen LogP contribution in [0.3, 0.4) is 0 Å². The molecule has 0 spiro atoms. The average Bonchev–Trinajstić information content (AvgIpc) is 2.81. The summed E-state index contributed by atoms with van der Waals surface area (Å²) in [5.41, 5.74) is 1.36. The van der Waals surface area contributed by atoms with Crippen molar-refractivity contribution in [1.82, 2.24) is 4.31 Å². The van der Waals surface area contributed by atoms with Crippen molar-refractivity contribution in [1.29, 1.82) is 0 Å². The van der Waals surface area contributed by atoms with Gasteiger partial charge in [0.25, 0.3) is 5.91 Å². The smallest absolute Gasteiger partial charge is 0.307 e. The lowest BCUT2D eigenvalue weighted by molar-refractivity contribution is -0.119. The highest BCUT2D eigenvalue weighted by molar-refractivity contribution is 8.19. The van der Waals surface area contributed by atoms with Crippen molar-refractivity contribution in [2.45, 2.75) is 59.3 Å². The summed E-state index contributed by atoms with van der Waals surface area (Å²) in [4.78, 5) is 24.7. The van der Waals surface area contributed by atoms with E-state index in [1.807, 2.05) is 41.5 Å². The largest absolute Gasteiger partial charge is 0.507 e. The molecule has 1 aromatic rings. The predicted octanol–water partition coefficient (Wildman–Crippen LogP) is 4.37. The number of nitrogens with zero attached hydrogens (tertiary/aromatic N) is 1. The van der Waals surface area contributed by atoms with Gasteiger partial charge in [0.2, 0.25) is 10.0 Å². The predicted molar refractivity (Wildman–Crippen MR) is 113 cm³/mol. The van der Waals surface area contributed by atoms with E-state index in [4.69, 9.17) is 0 Å². The molecular formula is C20H27NO5S2. The Balaban J connectivity index is 2.64. The van der Waals surface area contributed by atoms with Gasteiger partial charge in [0.1, 0.15) is 5.75 Å². The average molecular weight is 426 g/mol. The number of benzene rings is 1. The summed E-state index contributed by atoms with van der Waals surface area (Å²) in [6.07, 6.45) is 1.51. The quantitative estimate of drug-likeness (QED) is 0.723. The first-order valence-corrected chi connectivity index (χ1v) is 11.4. The van der Waals surface area contributed by atoms with Crippen LogP contribution in [0.5, 0.6) is 5.75 Å². The van der Waals surface area contributed by atoms with Gasteiger partial charge in [-0.3, -0.25) is 9.59 Å². The number of carbonyl (C=O) groups is 2. The molecule has 1 N–H and O–H groups in total. The Hall–Kier alpha value is -1.80. The maximum absolute atomic E-state index is 12.5. The van der Waals surface area contributed by atoms with Crippen molar-refractivity contribution in [2.24, 2.45) is 0 Å². The van der Waals surface area contributed by atoms with Crippen LogP contribution in [0.1, 0.15) is 65.2 Å². The van der Waals surface area contributed by atoms with Crippen molar-refractivity contribution in [3.8, 4) is 5.75 Å². The molecule has 6 nitrogen and oxygen atoms in total. The molecule has 0 bridgehead atoms. The molecule has 1 aliphatic rings. The highest BCUT2D eigenvalue weighted by Gasteiger charge is 2.42. The third-order valence-electron chi connectivity index (χ3n) is 4.45. The second kappa shape index (κ2) is 7.22. The number of aromatic hydroxyl groups is 1. The summed E-state index contributed by atoms with van der Waals surface area (Å²) in [6, 6.07) is 3.54. The highest BCUT2D eigenvalue weighted by atomic mass is 32.2. The van der Waals surface area contributed by atoms with Gasteiger partial charge >= 0.3 is 5.24 Å². The van der Waals surface area contributed by atoms with Crippen LogP contribution in [0, 0.1) is 0 Å². The maximum atomic E-state index is 12.5. The van der Waals surface area contributed by atoms with Gasteiger partial charge in [-0.1, -0.05) is 41.5 Å². The van der Waals surface area contributed by atoms with Crippen LogP contribution in [0.15, 0.2) is 17.0 Å². The van der Waals surface area contributed by atoms with Gasteiger partial charge in [0.05, 0.1) is 10.7 Å². The first-order valence-electron chi connectivity index (χ1n) is 8.98. The number of phenolic OH excluding ortho intramolecular Hbond substituents is 1. The molecule has 2 amide bonds. The molecule has 2 rings (SSSR count). The molecule has 0 saturated carbocycles. The highest BCUT2D eigenvalue weighted by Crippen LogP contribution is 2.41. The lowest BCUT2D eigenvalue weighted by atomic mass is 9.78. The van der Waals surface area contributed by atoms with Crippen LogP contribution >= 0.6 is 11.8 Å². The van der Waals surface area contributed by atoms with E-state index >= 15 is 0 Å². The van der Waals surface area contributed by atoms with Crippen LogP contribution in [0.4, 0.5) is 4.79 Å². The molecule has 0 atom stereocenters. The molecule has 0 unspecified atom stereocenters. The molecule has 1 saturated heterocycles. The fourth-order valence-corrected chi connectivity index (χ4v) is 4.93. The second-order valence-electron chi connectivity index (χ2n) is 8.81. The molecule has 1 aliphatic heterocycles. The minimum atomic E-state index is -3.96. The van der Waals surface area contributed by atoms with E-state index in [2.05, 4.69) is 0 Å². The fourth-order valence-electron chi connectivity index (χ4n) is 2.86. The van der Waals surface area contributed by atoms with E-state index in [9.17, 15) is 23.1 Å². The molecule has 1 heterocycles. The van der Waals surface area contributed by atoms with Crippen LogP contribution in [0.25, 0.3) is 6.08 Å². The van der Waals surface area contributed by atoms with Crippen molar-refractivity contribution in [2.75, 3.05) is 5.75 Å². The van der Waals surface area contributed by atoms with Gasteiger partial charge < -0.3 is 5.11 Å². The Morgan fingerprint density at radius 3 is 1.89 bits per heavy atom. The van der Waals surface area contributed by atoms with Crippen LogP contribution in [-0.2, 0) is 25.6 Å². The van der Waals surface area contributed by atoms with E-state index in [1.54, 1.807) is 12.1 Å². The first-order chi connectivity index (χ1) is 12.6. The SMILES string of the molecule is CCS(=O)(=O)N1C(=O)SC(=Cc2cc(C(C)(C)C)c(O)c(C(C)(C)C)c2)C1=O. The number of sulfonamides is 1. The lowest BCUT2D eigenvalue weighted by Crippen LogP contribution is -2.35. The number of amides is 2. The molecule has 1 aromatic carbocycles. The molecule has 1 fully saturated rings. The van der Waals surface area contributed by atoms with Gasteiger partial charge in [-0.15, -0.1) is 0 Å². The number of thioether (sulfide) groups is 1. The van der Waals surface area contributed by atoms with Gasteiger partial charge in [-0.2, -0.15) is 4.31 Å². The van der Waals surface area contributed by atoms with Crippen molar-refractivity contribution < 1.29 is 23.1 Å². The van der Waals surface area contributed by atoms with Crippen LogP contribution < -0.4 is 0 Å². The molecule has 0 radical (unpaired) electrons. The molecular weight excluding hydrogens is 398 g/mol. The van der Waals surface area contributed by atoms with Crippen LogP contribution in [0.2, 0.25) is 0 Å². The standard InChI is InChI=1S/C20H27NO5S2/c1-8-28(25,26)21-17(23)15(27-18(21)24)11-12-9-13(19(2,3)4)16(22)14(10-12)20(5,6)7/h9-11,22H,8H2,1-7H3. The summed E-state index contributed by atoms with van der Waals surface area (Å²) >= 11 is 0.607. The van der Waals surface area contributed by atoms with E-state index in [1.165, 1.54) is 13.0 Å². The molecule has 0 aromatic heterocycles.